The SMILES string of the molecule is O=C(NCC(O)C(F)(F)F)c1cc([N+](=O)[O-])ccc1Cl. The molecule has 0 saturated carbocycles. The third-order valence-corrected chi connectivity index (χ3v) is 2.57. The molecular weight excluding hydrogens is 305 g/mol. The Morgan fingerprint density at radius 2 is 2.10 bits per heavy atom. The van der Waals surface area contributed by atoms with E-state index in [1.165, 1.54) is 0 Å². The molecule has 10 heteroatoms. The quantitative estimate of drug-likeness (QED) is 0.656. The van der Waals surface area contributed by atoms with Gasteiger partial charge in [-0.3, -0.25) is 14.9 Å². The van der Waals surface area contributed by atoms with Gasteiger partial charge in [-0.05, 0) is 6.07 Å². The lowest BCUT2D eigenvalue weighted by Crippen LogP contribution is -2.40. The summed E-state index contributed by atoms with van der Waals surface area (Å²) in [5.41, 5.74) is -0.786. The predicted molar refractivity (Wildman–Crippen MR) is 62.5 cm³/mol. The van der Waals surface area contributed by atoms with Crippen LogP contribution in [-0.2, 0) is 0 Å². The van der Waals surface area contributed by atoms with Crippen LogP contribution in [-0.4, -0.2) is 34.8 Å². The van der Waals surface area contributed by atoms with Crippen molar-refractivity contribution in [2.75, 3.05) is 6.54 Å². The zero-order valence-corrected chi connectivity index (χ0v) is 10.4. The van der Waals surface area contributed by atoms with Gasteiger partial charge in [0.1, 0.15) is 0 Å². The summed E-state index contributed by atoms with van der Waals surface area (Å²) in [4.78, 5) is 21.3. The molecule has 1 rings (SSSR count). The van der Waals surface area contributed by atoms with Crippen molar-refractivity contribution in [2.24, 2.45) is 0 Å². The monoisotopic (exact) mass is 312 g/mol. The number of non-ortho nitro benzene ring substituents is 1. The summed E-state index contributed by atoms with van der Waals surface area (Å²) < 4.78 is 36.1. The Kier molecular flexibility index (Phi) is 4.90. The minimum atomic E-state index is -4.88. The molecule has 1 aromatic carbocycles. The highest BCUT2D eigenvalue weighted by Crippen LogP contribution is 2.22. The highest BCUT2D eigenvalue weighted by Gasteiger charge is 2.38. The molecule has 0 aliphatic heterocycles. The first-order chi connectivity index (χ1) is 9.12. The third kappa shape index (κ3) is 4.07. The number of alkyl halides is 3. The lowest BCUT2D eigenvalue weighted by atomic mass is 10.2. The molecule has 0 fully saturated rings. The first-order valence-electron chi connectivity index (χ1n) is 5.10. The maximum Gasteiger partial charge on any atom is 0.416 e. The molecule has 20 heavy (non-hydrogen) atoms. The van der Waals surface area contributed by atoms with E-state index in [4.69, 9.17) is 16.7 Å². The fourth-order valence-electron chi connectivity index (χ4n) is 1.20. The van der Waals surface area contributed by atoms with Crippen LogP contribution in [0.3, 0.4) is 0 Å². The Balaban J connectivity index is 2.83. The standard InChI is InChI=1S/C10H8ClF3N2O4/c11-7-2-1-5(16(19)20)3-6(7)9(18)15-4-8(17)10(12,13)14/h1-3,8,17H,4H2,(H,15,18). The van der Waals surface area contributed by atoms with Crippen LogP contribution in [0.5, 0.6) is 0 Å². The van der Waals surface area contributed by atoms with Crippen LogP contribution in [0.2, 0.25) is 5.02 Å². The van der Waals surface area contributed by atoms with Crippen LogP contribution < -0.4 is 5.32 Å². The summed E-state index contributed by atoms with van der Waals surface area (Å²) in [6.07, 6.45) is -7.61. The van der Waals surface area contributed by atoms with Crippen LogP contribution in [0.1, 0.15) is 10.4 Å². The number of halogens is 4. The van der Waals surface area contributed by atoms with Crippen molar-refractivity contribution in [3.63, 3.8) is 0 Å². The third-order valence-electron chi connectivity index (χ3n) is 2.24. The molecule has 6 nitrogen and oxygen atoms in total. The number of carbonyl (C=O) groups excluding carboxylic acids is 1. The van der Waals surface area contributed by atoms with E-state index in [1.54, 1.807) is 5.32 Å². The molecule has 0 aliphatic rings. The maximum atomic E-state index is 12.0. The number of nitro benzene ring substituents is 1. The van der Waals surface area contributed by atoms with Crippen molar-refractivity contribution >= 4 is 23.2 Å². The van der Waals surface area contributed by atoms with Gasteiger partial charge in [-0.1, -0.05) is 11.6 Å². The molecule has 2 N–H and O–H groups in total. The van der Waals surface area contributed by atoms with Crippen LogP contribution in [0.4, 0.5) is 18.9 Å². The van der Waals surface area contributed by atoms with Crippen molar-refractivity contribution in [3.8, 4) is 0 Å². The number of aliphatic hydroxyl groups excluding tert-OH is 1. The van der Waals surface area contributed by atoms with Crippen LogP contribution >= 0.6 is 11.6 Å². The molecular formula is C10H8ClF3N2O4. The van der Waals surface area contributed by atoms with Gasteiger partial charge in [0.2, 0.25) is 0 Å². The van der Waals surface area contributed by atoms with E-state index < -0.39 is 35.3 Å². The van der Waals surface area contributed by atoms with Gasteiger partial charge in [0.15, 0.2) is 6.10 Å². The van der Waals surface area contributed by atoms with Crippen LogP contribution in [0.15, 0.2) is 18.2 Å². The van der Waals surface area contributed by atoms with E-state index in [2.05, 4.69) is 0 Å². The maximum absolute atomic E-state index is 12.0. The van der Waals surface area contributed by atoms with Gasteiger partial charge in [0.25, 0.3) is 11.6 Å². The van der Waals surface area contributed by atoms with Crippen molar-refractivity contribution in [1.82, 2.24) is 5.32 Å². The highest BCUT2D eigenvalue weighted by atomic mass is 35.5. The van der Waals surface area contributed by atoms with Gasteiger partial charge in [-0.25, -0.2) is 0 Å². The second kappa shape index (κ2) is 6.06. The van der Waals surface area contributed by atoms with Crippen molar-refractivity contribution in [2.45, 2.75) is 12.3 Å². The van der Waals surface area contributed by atoms with Crippen molar-refractivity contribution < 1.29 is 28.0 Å². The van der Waals surface area contributed by atoms with Crippen LogP contribution in [0, 0.1) is 10.1 Å². The van der Waals surface area contributed by atoms with Crippen molar-refractivity contribution in [1.29, 1.82) is 0 Å². The summed E-state index contributed by atoms with van der Waals surface area (Å²) in [6.45, 7) is -1.08. The van der Waals surface area contributed by atoms with Gasteiger partial charge in [-0.15, -0.1) is 0 Å². The second-order valence-corrected chi connectivity index (χ2v) is 4.10. The Hall–Kier alpha value is -1.87. The number of hydrogen-bond donors (Lipinski definition) is 2. The van der Waals surface area contributed by atoms with Crippen LogP contribution in [0.25, 0.3) is 0 Å². The first-order valence-corrected chi connectivity index (χ1v) is 5.47. The Labute approximate surface area is 115 Å². The fourth-order valence-corrected chi connectivity index (χ4v) is 1.40. The highest BCUT2D eigenvalue weighted by molar-refractivity contribution is 6.33. The number of nitrogens with zero attached hydrogens (tertiary/aromatic N) is 1. The zero-order chi connectivity index (χ0) is 15.5. The topological polar surface area (TPSA) is 92.5 Å². The lowest BCUT2D eigenvalue weighted by molar-refractivity contribution is -0.384. The average molecular weight is 313 g/mol. The minimum Gasteiger partial charge on any atom is -0.382 e. The molecule has 0 spiro atoms. The van der Waals surface area contributed by atoms with E-state index >= 15 is 0 Å². The zero-order valence-electron chi connectivity index (χ0n) is 9.65. The number of hydrogen-bond acceptors (Lipinski definition) is 4. The van der Waals surface area contributed by atoms with E-state index in [0.29, 0.717) is 0 Å². The summed E-state index contributed by atoms with van der Waals surface area (Å²) in [5.74, 6) is -1.05. The van der Waals surface area contributed by atoms with E-state index in [9.17, 15) is 28.1 Å². The number of benzene rings is 1. The molecule has 110 valence electrons. The summed E-state index contributed by atoms with van der Waals surface area (Å²) >= 11 is 5.63. The number of carbonyl (C=O) groups is 1. The molecule has 1 atom stereocenters. The van der Waals surface area contributed by atoms with Gasteiger partial charge in [0.05, 0.1) is 22.1 Å². The minimum absolute atomic E-state index is 0.158. The largest absolute Gasteiger partial charge is 0.416 e. The predicted octanol–water partition coefficient (Wildman–Crippen LogP) is 1.90. The summed E-state index contributed by atoms with van der Waals surface area (Å²) in [7, 11) is 0. The molecule has 0 aliphatic carbocycles. The smallest absolute Gasteiger partial charge is 0.382 e. The Morgan fingerprint density at radius 1 is 1.50 bits per heavy atom. The number of amides is 1. The summed E-state index contributed by atoms with van der Waals surface area (Å²) in [6, 6.07) is 2.95. The fraction of sp³-hybridized carbons (Fsp3) is 0.300. The molecule has 0 saturated heterocycles. The average Bonchev–Trinajstić information content (AvgIpc) is 2.34. The lowest BCUT2D eigenvalue weighted by Gasteiger charge is -2.15. The summed E-state index contributed by atoms with van der Waals surface area (Å²) in [5, 5.41) is 20.9. The number of nitrogens with one attached hydrogen (secondary N) is 1. The number of rotatable bonds is 4. The van der Waals surface area contributed by atoms with E-state index in [1.807, 2.05) is 0 Å². The Bertz CT molecular complexity index is 536. The number of nitro groups is 1. The second-order valence-electron chi connectivity index (χ2n) is 3.69. The first kappa shape index (κ1) is 16.2. The molecule has 1 unspecified atom stereocenters. The van der Waals surface area contributed by atoms with E-state index in [0.717, 1.165) is 18.2 Å². The van der Waals surface area contributed by atoms with Gasteiger partial charge >= 0.3 is 6.18 Å². The van der Waals surface area contributed by atoms with Gasteiger partial charge in [-0.2, -0.15) is 13.2 Å². The van der Waals surface area contributed by atoms with E-state index in [-0.39, 0.29) is 10.6 Å². The number of aliphatic hydroxyl groups is 1. The molecule has 0 aromatic heterocycles. The van der Waals surface area contributed by atoms with Gasteiger partial charge < -0.3 is 10.4 Å². The molecule has 0 radical (unpaired) electrons. The molecule has 1 amide bonds. The Morgan fingerprint density at radius 3 is 2.60 bits per heavy atom. The molecule has 0 heterocycles. The normalized spacial score (nSPS) is 12.8. The molecule has 1 aromatic rings. The van der Waals surface area contributed by atoms with Gasteiger partial charge in [0, 0.05) is 12.1 Å². The van der Waals surface area contributed by atoms with Crippen molar-refractivity contribution in [3.05, 3.63) is 38.9 Å². The molecule has 0 bridgehead atoms.